The largest absolute Gasteiger partial charge is 0.309 e. The van der Waals surface area contributed by atoms with Crippen LogP contribution >= 0.6 is 0 Å². The number of aromatic nitrogens is 4. The number of hydrogen-bond donors (Lipinski definition) is 0. The molecule has 0 atom stereocenters. The van der Waals surface area contributed by atoms with Gasteiger partial charge in [-0.3, -0.25) is 0 Å². The predicted octanol–water partition coefficient (Wildman–Crippen LogP) is 14.9. The fraction of sp³-hybridized carbons (Fsp3) is 0. The van der Waals surface area contributed by atoms with E-state index in [0.717, 1.165) is 94.5 Å². The maximum Gasteiger partial charge on any atom is 0.160 e. The first-order valence-electron chi connectivity index (χ1n) is 21.5. The molecular formula is C59H37N5. The molecule has 0 saturated carbocycles. The molecule has 5 heteroatoms. The minimum absolute atomic E-state index is 0.648. The zero-order valence-corrected chi connectivity index (χ0v) is 34.6. The highest BCUT2D eigenvalue weighted by molar-refractivity contribution is 6.12. The molecule has 0 aliphatic rings. The second-order valence-electron chi connectivity index (χ2n) is 16.1. The smallest absolute Gasteiger partial charge is 0.160 e. The van der Waals surface area contributed by atoms with E-state index in [9.17, 15) is 5.26 Å². The molecule has 3 aromatic heterocycles. The molecule has 0 aliphatic carbocycles. The Kier molecular flexibility index (Phi) is 8.81. The van der Waals surface area contributed by atoms with Gasteiger partial charge in [0.1, 0.15) is 0 Å². The van der Waals surface area contributed by atoms with Crippen LogP contribution in [0, 0.1) is 11.3 Å². The van der Waals surface area contributed by atoms with Crippen LogP contribution in [0.5, 0.6) is 0 Å². The first kappa shape index (κ1) is 37.0. The summed E-state index contributed by atoms with van der Waals surface area (Å²) in [5, 5.41) is 14.7. The van der Waals surface area contributed by atoms with Crippen LogP contribution in [-0.2, 0) is 0 Å². The van der Waals surface area contributed by atoms with Crippen LogP contribution in [0.3, 0.4) is 0 Å². The maximum atomic E-state index is 10.0. The van der Waals surface area contributed by atoms with E-state index in [2.05, 4.69) is 179 Å². The Balaban J connectivity index is 1.12. The van der Waals surface area contributed by atoms with Gasteiger partial charge in [-0.05, 0) is 89.5 Å². The standard InChI is InChI=1S/C59H37N5/c60-38-44-20-7-8-23-46(44)42-30-32-58-51(35-42)49-26-11-14-29-56(49)64(58)57-33-31-43(59-61-52(39-16-3-1-4-17-39)37-53(62-59)40-18-5-2-6-19-40)36-50(57)41-21-15-22-45(34-41)63-54-27-12-9-24-47(54)48-25-10-13-28-55(48)63/h1-37H. The molecule has 0 saturated heterocycles. The van der Waals surface area contributed by atoms with Crippen LogP contribution in [0.15, 0.2) is 224 Å². The van der Waals surface area contributed by atoms with E-state index in [-0.39, 0.29) is 0 Å². The summed E-state index contributed by atoms with van der Waals surface area (Å²) in [6.07, 6.45) is 0. The molecule has 12 rings (SSSR count). The van der Waals surface area contributed by atoms with Crippen LogP contribution in [0.4, 0.5) is 0 Å². The second kappa shape index (κ2) is 15.3. The summed E-state index contributed by atoms with van der Waals surface area (Å²) < 4.78 is 4.75. The van der Waals surface area contributed by atoms with Crippen LogP contribution < -0.4 is 0 Å². The molecule has 298 valence electrons. The highest BCUT2D eigenvalue weighted by Gasteiger charge is 2.20. The fourth-order valence-corrected chi connectivity index (χ4v) is 9.44. The quantitative estimate of drug-likeness (QED) is 0.161. The number of nitriles is 1. The van der Waals surface area contributed by atoms with Crippen molar-refractivity contribution in [1.82, 2.24) is 19.1 Å². The summed E-state index contributed by atoms with van der Waals surface area (Å²) >= 11 is 0. The number of para-hydroxylation sites is 3. The Morgan fingerprint density at radius 1 is 0.344 bits per heavy atom. The number of benzene rings is 9. The third-order valence-electron chi connectivity index (χ3n) is 12.4. The Morgan fingerprint density at radius 2 is 0.859 bits per heavy atom. The zero-order valence-electron chi connectivity index (χ0n) is 34.6. The number of rotatable bonds is 7. The maximum absolute atomic E-state index is 10.0. The molecule has 0 aliphatic heterocycles. The summed E-state index contributed by atoms with van der Waals surface area (Å²) in [5.41, 5.74) is 15.9. The lowest BCUT2D eigenvalue weighted by Gasteiger charge is -2.17. The van der Waals surface area contributed by atoms with Crippen molar-refractivity contribution in [3.8, 4) is 73.6 Å². The molecule has 3 heterocycles. The summed E-state index contributed by atoms with van der Waals surface area (Å²) in [6, 6.07) is 80.9. The molecule has 9 aromatic carbocycles. The summed E-state index contributed by atoms with van der Waals surface area (Å²) in [6.45, 7) is 0. The molecule has 5 nitrogen and oxygen atoms in total. The summed E-state index contributed by atoms with van der Waals surface area (Å²) in [5.74, 6) is 0.648. The molecule has 0 N–H and O–H groups in total. The van der Waals surface area contributed by atoms with Crippen molar-refractivity contribution in [2.75, 3.05) is 0 Å². The number of fused-ring (bicyclic) bond motifs is 6. The van der Waals surface area contributed by atoms with Crippen LogP contribution in [0.2, 0.25) is 0 Å². The van der Waals surface area contributed by atoms with Gasteiger partial charge in [0, 0.05) is 49.5 Å². The van der Waals surface area contributed by atoms with E-state index in [1.807, 2.05) is 60.7 Å². The second-order valence-corrected chi connectivity index (χ2v) is 16.1. The molecule has 0 bridgehead atoms. The lowest BCUT2D eigenvalue weighted by molar-refractivity contribution is 1.16. The van der Waals surface area contributed by atoms with Crippen molar-refractivity contribution in [1.29, 1.82) is 5.26 Å². The van der Waals surface area contributed by atoms with Gasteiger partial charge in [-0.25, -0.2) is 9.97 Å². The zero-order chi connectivity index (χ0) is 42.6. The lowest BCUT2D eigenvalue weighted by atomic mass is 9.98. The summed E-state index contributed by atoms with van der Waals surface area (Å²) in [7, 11) is 0. The van der Waals surface area contributed by atoms with Gasteiger partial charge < -0.3 is 9.13 Å². The molecule has 0 fully saturated rings. The van der Waals surface area contributed by atoms with E-state index in [4.69, 9.17) is 9.97 Å². The SMILES string of the molecule is N#Cc1ccccc1-c1ccc2c(c1)c1ccccc1n2-c1ccc(-c2nc(-c3ccccc3)cc(-c3ccccc3)n2)cc1-c1cccc(-n2c3ccccc3c3ccccc32)c1. The van der Waals surface area contributed by atoms with Crippen LogP contribution in [-0.4, -0.2) is 19.1 Å². The molecule has 0 radical (unpaired) electrons. The molecule has 0 unspecified atom stereocenters. The van der Waals surface area contributed by atoms with Gasteiger partial charge >= 0.3 is 0 Å². The molecular weight excluding hydrogens is 779 g/mol. The van der Waals surface area contributed by atoms with Gasteiger partial charge in [0.15, 0.2) is 5.82 Å². The Labute approximate surface area is 370 Å². The first-order chi connectivity index (χ1) is 31.7. The average molecular weight is 816 g/mol. The summed E-state index contributed by atoms with van der Waals surface area (Å²) in [4.78, 5) is 10.5. The van der Waals surface area contributed by atoms with Crippen molar-refractivity contribution in [2.24, 2.45) is 0 Å². The van der Waals surface area contributed by atoms with E-state index in [1.165, 1.54) is 10.8 Å². The van der Waals surface area contributed by atoms with Crippen molar-refractivity contribution in [3.63, 3.8) is 0 Å². The highest BCUT2D eigenvalue weighted by Crippen LogP contribution is 2.41. The normalized spacial score (nSPS) is 11.4. The van der Waals surface area contributed by atoms with Gasteiger partial charge in [0.25, 0.3) is 0 Å². The molecule has 12 aromatic rings. The van der Waals surface area contributed by atoms with Gasteiger partial charge in [-0.1, -0.05) is 152 Å². The van der Waals surface area contributed by atoms with Crippen molar-refractivity contribution in [2.45, 2.75) is 0 Å². The highest BCUT2D eigenvalue weighted by atomic mass is 15.0. The third-order valence-corrected chi connectivity index (χ3v) is 12.4. The molecule has 0 amide bonds. The van der Waals surface area contributed by atoms with Crippen molar-refractivity contribution < 1.29 is 0 Å². The first-order valence-corrected chi connectivity index (χ1v) is 21.5. The average Bonchev–Trinajstić information content (AvgIpc) is 3.89. The monoisotopic (exact) mass is 815 g/mol. The van der Waals surface area contributed by atoms with Crippen molar-refractivity contribution >= 4 is 43.6 Å². The third kappa shape index (κ3) is 6.16. The molecule has 0 spiro atoms. The van der Waals surface area contributed by atoms with E-state index in [1.54, 1.807) is 0 Å². The van der Waals surface area contributed by atoms with Crippen LogP contribution in [0.1, 0.15) is 5.56 Å². The minimum Gasteiger partial charge on any atom is -0.309 e. The Morgan fingerprint density at radius 3 is 1.52 bits per heavy atom. The fourth-order valence-electron chi connectivity index (χ4n) is 9.44. The van der Waals surface area contributed by atoms with Gasteiger partial charge in [-0.2, -0.15) is 5.26 Å². The van der Waals surface area contributed by atoms with Gasteiger partial charge in [0.05, 0.1) is 50.8 Å². The van der Waals surface area contributed by atoms with E-state index >= 15 is 0 Å². The van der Waals surface area contributed by atoms with E-state index in [0.29, 0.717) is 11.4 Å². The van der Waals surface area contributed by atoms with Crippen LogP contribution in [0.25, 0.3) is 111 Å². The predicted molar refractivity (Wildman–Crippen MR) is 263 cm³/mol. The lowest BCUT2D eigenvalue weighted by Crippen LogP contribution is -2.01. The Hall–Kier alpha value is -8.85. The molecule has 64 heavy (non-hydrogen) atoms. The van der Waals surface area contributed by atoms with Gasteiger partial charge in [-0.15, -0.1) is 0 Å². The number of hydrogen-bond acceptors (Lipinski definition) is 3. The van der Waals surface area contributed by atoms with Crippen molar-refractivity contribution in [3.05, 3.63) is 230 Å². The van der Waals surface area contributed by atoms with E-state index < -0.39 is 0 Å². The number of nitrogens with zero attached hydrogens (tertiary/aromatic N) is 5. The topological polar surface area (TPSA) is 59.4 Å². The minimum atomic E-state index is 0.648. The van der Waals surface area contributed by atoms with Gasteiger partial charge in [0.2, 0.25) is 0 Å². The Bertz CT molecular complexity index is 3690.